The first-order chi connectivity index (χ1) is 34.9. The summed E-state index contributed by atoms with van der Waals surface area (Å²) in [7, 11) is 0. The highest BCUT2D eigenvalue weighted by Crippen LogP contribution is 2.60. The number of likely N-dealkylation sites (tertiary alicyclic amines) is 1. The number of hydrogen-bond donors (Lipinski definition) is 4. The Bertz CT molecular complexity index is 3090. The third kappa shape index (κ3) is 9.30. The molecule has 0 radical (unpaired) electrons. The van der Waals surface area contributed by atoms with Crippen LogP contribution < -0.4 is 26.0 Å². The predicted molar refractivity (Wildman–Crippen MR) is 255 cm³/mol. The standard InChI is InChI=1S/C53H49ClF7N7O6/c1-49(2,3)23-40-51(26-63-36-21-39(52(56,57)58)62-24-33(36)51)42(31-8-5-9-34(54)43(31)55)44(65-40)46(71)64-35-13-11-28(20-38(35)74-53(59,60)61)47(72)67-18-16-50(17-19-67)22-29(50)12-10-27-6-4-7-30-32(27)25-68(48(30)73)37-14-15-41(69)66-45(37)70/h4-9,11,13,20-21,24,29,37,40,42,44,63,65H,14-19,22-23,25-26H2,1-3H3,(H,64,71)(H,66,69,70)/t29-,37-,40-,42-,44+,51-/m0/s1. The second-order valence-electron chi connectivity index (χ2n) is 21.2. The van der Waals surface area contributed by atoms with Crippen LogP contribution in [0.1, 0.15) is 114 Å². The summed E-state index contributed by atoms with van der Waals surface area (Å²) in [4.78, 5) is 73.1. The average molecular weight is 1050 g/mol. The molecule has 10 rings (SSSR count). The molecule has 5 amide bonds. The lowest BCUT2D eigenvalue weighted by atomic mass is 9.63. The van der Waals surface area contributed by atoms with E-state index in [0.717, 1.165) is 30.8 Å². The Labute approximate surface area is 425 Å². The molecule has 0 unspecified atom stereocenters. The van der Waals surface area contributed by atoms with E-state index in [4.69, 9.17) is 11.6 Å². The molecule has 1 aliphatic carbocycles. The Morgan fingerprint density at radius 1 is 0.986 bits per heavy atom. The van der Waals surface area contributed by atoms with E-state index >= 15 is 4.39 Å². The average Bonchev–Trinajstić information content (AvgIpc) is 3.53. The highest BCUT2D eigenvalue weighted by atomic mass is 35.5. The Morgan fingerprint density at radius 2 is 1.73 bits per heavy atom. The number of benzene rings is 3. The van der Waals surface area contributed by atoms with Gasteiger partial charge in [0.25, 0.3) is 11.8 Å². The van der Waals surface area contributed by atoms with Gasteiger partial charge in [-0.05, 0) is 96.5 Å². The van der Waals surface area contributed by atoms with Gasteiger partial charge in [-0.25, -0.2) is 4.39 Å². The fourth-order valence-corrected chi connectivity index (χ4v) is 12.0. The molecule has 6 heterocycles. The van der Waals surface area contributed by atoms with Crippen LogP contribution in [-0.4, -0.2) is 88.4 Å². The van der Waals surface area contributed by atoms with Gasteiger partial charge in [-0.2, -0.15) is 13.2 Å². The minimum absolute atomic E-state index is 0.0184. The molecule has 0 bridgehead atoms. The molecule has 388 valence electrons. The van der Waals surface area contributed by atoms with Gasteiger partial charge in [0.05, 0.1) is 16.8 Å². The maximum absolute atomic E-state index is 16.3. The summed E-state index contributed by atoms with van der Waals surface area (Å²) < 4.78 is 105. The number of rotatable bonds is 7. The molecule has 1 saturated carbocycles. The topological polar surface area (TPSA) is 162 Å². The predicted octanol–water partition coefficient (Wildman–Crippen LogP) is 8.71. The minimum Gasteiger partial charge on any atom is -0.404 e. The molecular formula is C53H49ClF7N7O6. The van der Waals surface area contributed by atoms with Gasteiger partial charge in [0, 0.05) is 90.0 Å². The van der Waals surface area contributed by atoms with Crippen molar-refractivity contribution in [1.82, 2.24) is 25.4 Å². The van der Waals surface area contributed by atoms with Crippen molar-refractivity contribution in [2.45, 2.75) is 108 Å². The van der Waals surface area contributed by atoms with Crippen molar-refractivity contribution >= 4 is 52.5 Å². The van der Waals surface area contributed by atoms with E-state index in [1.165, 1.54) is 34.1 Å². The van der Waals surface area contributed by atoms with E-state index in [0.29, 0.717) is 36.0 Å². The van der Waals surface area contributed by atoms with Crippen molar-refractivity contribution in [1.29, 1.82) is 0 Å². The molecule has 13 nitrogen and oxygen atoms in total. The quantitative estimate of drug-likeness (QED) is 0.0807. The number of piperidine rings is 2. The Balaban J connectivity index is 0.871. The zero-order chi connectivity index (χ0) is 52.9. The van der Waals surface area contributed by atoms with Gasteiger partial charge in [0.2, 0.25) is 17.7 Å². The van der Waals surface area contributed by atoms with Crippen LogP contribution in [0.3, 0.4) is 0 Å². The summed E-state index contributed by atoms with van der Waals surface area (Å²) in [6.07, 6.45) is -6.45. The first-order valence-corrected chi connectivity index (χ1v) is 24.5. The number of halogens is 8. The van der Waals surface area contributed by atoms with Gasteiger partial charge in [-0.15, -0.1) is 13.2 Å². The molecule has 5 aliphatic heterocycles. The van der Waals surface area contributed by atoms with Crippen molar-refractivity contribution in [3.05, 3.63) is 117 Å². The third-order valence-corrected chi connectivity index (χ3v) is 15.8. The van der Waals surface area contributed by atoms with E-state index in [1.54, 1.807) is 12.1 Å². The van der Waals surface area contributed by atoms with Crippen molar-refractivity contribution in [3.63, 3.8) is 0 Å². The molecule has 21 heteroatoms. The second-order valence-corrected chi connectivity index (χ2v) is 21.7. The normalized spacial score (nSPS) is 25.0. The van der Waals surface area contributed by atoms with Crippen molar-refractivity contribution in [3.8, 4) is 17.6 Å². The molecular weight excluding hydrogens is 999 g/mol. The third-order valence-electron chi connectivity index (χ3n) is 15.5. The van der Waals surface area contributed by atoms with E-state index in [2.05, 4.69) is 42.8 Å². The number of nitrogens with zero attached hydrogens (tertiary/aromatic N) is 3. The van der Waals surface area contributed by atoms with Crippen molar-refractivity contribution < 1.29 is 59.4 Å². The molecule has 74 heavy (non-hydrogen) atoms. The van der Waals surface area contributed by atoms with Crippen molar-refractivity contribution in [2.24, 2.45) is 16.7 Å². The Kier molecular flexibility index (Phi) is 12.6. The number of nitrogens with one attached hydrogen (secondary N) is 4. The monoisotopic (exact) mass is 1050 g/mol. The number of ether oxygens (including phenoxy) is 1. The summed E-state index contributed by atoms with van der Waals surface area (Å²) >= 11 is 6.31. The maximum atomic E-state index is 16.3. The lowest BCUT2D eigenvalue weighted by Gasteiger charge is -2.39. The molecule has 3 aromatic carbocycles. The molecule has 6 aliphatic rings. The highest BCUT2D eigenvalue weighted by molar-refractivity contribution is 6.30. The van der Waals surface area contributed by atoms with Gasteiger partial charge >= 0.3 is 12.5 Å². The van der Waals surface area contributed by atoms with Crippen LogP contribution in [0.15, 0.2) is 66.9 Å². The fourth-order valence-electron chi connectivity index (χ4n) is 11.8. The van der Waals surface area contributed by atoms with E-state index in [9.17, 15) is 50.3 Å². The van der Waals surface area contributed by atoms with Crippen LogP contribution in [0.2, 0.25) is 5.02 Å². The first-order valence-electron chi connectivity index (χ1n) is 24.2. The number of alkyl halides is 6. The number of fused-ring (bicyclic) bond motifs is 3. The number of imide groups is 1. The summed E-state index contributed by atoms with van der Waals surface area (Å²) in [5.74, 6) is 0.888. The van der Waals surface area contributed by atoms with Gasteiger partial charge in [0.1, 0.15) is 17.6 Å². The second kappa shape index (κ2) is 18.3. The SMILES string of the molecule is CC(C)(C)C[C@@H]1N[C@@H](C(=O)Nc2ccc(C(=O)N3CCC4(CC3)C[C@@H]4C#Cc3cccc4c3CN([C@H]3CCC(=O)NC3=O)C4=O)cc2OC(F)(F)F)[C@H](c2cccc(Cl)c2F)[C@]12CNc1cc(C(F)(F)F)ncc12. The van der Waals surface area contributed by atoms with Crippen LogP contribution in [0.5, 0.6) is 5.75 Å². The fraction of sp³-hybridized carbons (Fsp3) is 0.434. The van der Waals surface area contributed by atoms with Gasteiger partial charge in [0.15, 0.2) is 5.75 Å². The summed E-state index contributed by atoms with van der Waals surface area (Å²) in [6, 6.07) is 10.6. The Morgan fingerprint density at radius 3 is 2.43 bits per heavy atom. The van der Waals surface area contributed by atoms with Gasteiger partial charge in [-0.3, -0.25) is 34.3 Å². The zero-order valence-electron chi connectivity index (χ0n) is 40.1. The van der Waals surface area contributed by atoms with Crippen LogP contribution in [0.4, 0.5) is 42.1 Å². The van der Waals surface area contributed by atoms with Gasteiger partial charge in [-0.1, -0.05) is 62.4 Å². The number of carbonyl (C=O) groups excluding carboxylic acids is 5. The Hall–Kier alpha value is -6.72. The highest BCUT2D eigenvalue weighted by Gasteiger charge is 2.62. The number of carbonyl (C=O) groups is 5. The van der Waals surface area contributed by atoms with Crippen LogP contribution in [0, 0.1) is 34.4 Å². The van der Waals surface area contributed by atoms with E-state index in [1.807, 2.05) is 26.8 Å². The molecule has 4 N–H and O–H groups in total. The van der Waals surface area contributed by atoms with Gasteiger partial charge < -0.3 is 30.5 Å². The zero-order valence-corrected chi connectivity index (χ0v) is 40.9. The smallest absolute Gasteiger partial charge is 0.404 e. The minimum atomic E-state index is -5.27. The molecule has 6 atom stereocenters. The summed E-state index contributed by atoms with van der Waals surface area (Å²) in [6.45, 7) is 6.39. The number of hydrogen-bond acceptors (Lipinski definition) is 9. The molecule has 2 spiro atoms. The number of aromatic nitrogens is 1. The first kappa shape index (κ1) is 50.8. The number of amides is 5. The summed E-state index contributed by atoms with van der Waals surface area (Å²) in [5, 5.41) is 10.9. The number of pyridine rings is 1. The molecule has 1 aromatic heterocycles. The van der Waals surface area contributed by atoms with Crippen LogP contribution in [0.25, 0.3) is 0 Å². The molecule has 3 saturated heterocycles. The van der Waals surface area contributed by atoms with E-state index in [-0.39, 0.29) is 89.6 Å². The molecule has 4 fully saturated rings. The van der Waals surface area contributed by atoms with Crippen molar-refractivity contribution in [2.75, 3.05) is 30.3 Å². The number of anilines is 2. The van der Waals surface area contributed by atoms with E-state index < -0.39 is 88.1 Å². The lowest BCUT2D eigenvalue weighted by molar-refractivity contribution is -0.274. The lowest BCUT2D eigenvalue weighted by Crippen LogP contribution is -2.52. The summed E-state index contributed by atoms with van der Waals surface area (Å²) in [5.41, 5.74) is -1.70. The van der Waals surface area contributed by atoms with Crippen LogP contribution in [-0.2, 0) is 32.5 Å². The van der Waals surface area contributed by atoms with Crippen LogP contribution >= 0.6 is 11.6 Å². The largest absolute Gasteiger partial charge is 0.573 e. The maximum Gasteiger partial charge on any atom is 0.573 e. The molecule has 4 aromatic rings.